The summed E-state index contributed by atoms with van der Waals surface area (Å²) in [7, 11) is 0. The van der Waals surface area contributed by atoms with Gasteiger partial charge < -0.3 is 29.6 Å². The summed E-state index contributed by atoms with van der Waals surface area (Å²) in [6, 6.07) is 0. The molecule has 0 atom stereocenters. The molecule has 0 fully saturated rings. The van der Waals surface area contributed by atoms with E-state index in [4.69, 9.17) is 4.79 Å². The second-order valence-corrected chi connectivity index (χ2v) is 0. The molecular weight excluding hydrogens is 258 g/mol. The summed E-state index contributed by atoms with van der Waals surface area (Å²) in [5.41, 5.74) is 0. The Balaban J connectivity index is -0.00000000167. The van der Waals surface area contributed by atoms with Crippen LogP contribution >= 0.6 is 0 Å². The topological polar surface area (TPSA) is 17.1 Å². The summed E-state index contributed by atoms with van der Waals surface area (Å²) in [4.78, 5) is 7.75. The van der Waals surface area contributed by atoms with Crippen LogP contribution in [0.2, 0.25) is 0 Å². The molecule has 0 saturated heterocycles. The van der Waals surface area contributed by atoms with Crippen molar-refractivity contribution >= 4 is 6.79 Å². The quantitative estimate of drug-likeness (QED) is 0.312. The minimum Gasteiger partial charge on any atom is -1.00 e. The Morgan fingerprint density at radius 3 is 1.00 bits per heavy atom. The van der Waals surface area contributed by atoms with Crippen LogP contribution in [0.5, 0.6) is 0 Å². The molecule has 0 amide bonds. The monoisotopic (exact) mass is 258 g/mol. The molecule has 0 heterocycles. The van der Waals surface area contributed by atoms with Crippen molar-refractivity contribution in [3.8, 4) is 0 Å². The standard InChI is InChI=1S/CHO.2ClH.Tb/c1-2;;;/h1H;2*1H;/q-1;;;+3/p-2. The molecule has 4 heteroatoms. The van der Waals surface area contributed by atoms with Gasteiger partial charge in [-0.2, -0.15) is 0 Å². The van der Waals surface area contributed by atoms with Gasteiger partial charge in [0.05, 0.1) is 0 Å². The van der Waals surface area contributed by atoms with Gasteiger partial charge in [-0.25, -0.2) is 0 Å². The maximum atomic E-state index is 7.75. The Labute approximate surface area is 74.1 Å². The third kappa shape index (κ3) is 29.3. The van der Waals surface area contributed by atoms with Crippen molar-refractivity contribution in [3.05, 3.63) is 0 Å². The fourth-order valence-electron chi connectivity index (χ4n) is 0. The number of halogens is 2. The number of rotatable bonds is 0. The van der Waals surface area contributed by atoms with Gasteiger partial charge in [0.15, 0.2) is 0 Å². The summed E-state index contributed by atoms with van der Waals surface area (Å²) >= 11 is 0. The van der Waals surface area contributed by atoms with Gasteiger partial charge in [-0.1, -0.05) is 0 Å². The first-order chi connectivity index (χ1) is 1.00. The van der Waals surface area contributed by atoms with Crippen LogP contribution in [-0.4, -0.2) is 6.79 Å². The van der Waals surface area contributed by atoms with Crippen molar-refractivity contribution in [2.75, 3.05) is 0 Å². The van der Waals surface area contributed by atoms with Gasteiger partial charge in [0.2, 0.25) is 0 Å². The summed E-state index contributed by atoms with van der Waals surface area (Å²) in [6.07, 6.45) is 0. The second kappa shape index (κ2) is 48.3. The Kier molecular flexibility index (Phi) is 301. The summed E-state index contributed by atoms with van der Waals surface area (Å²) in [5, 5.41) is 0. The molecule has 0 aromatic rings. The molecule has 5 heavy (non-hydrogen) atoms. The van der Waals surface area contributed by atoms with Gasteiger partial charge in [-0.15, -0.1) is 0 Å². The van der Waals surface area contributed by atoms with Crippen LogP contribution in [-0.2, 0) is 4.79 Å². The minimum atomic E-state index is 0. The Morgan fingerprint density at radius 1 is 1.00 bits per heavy atom. The molecule has 0 rings (SSSR count). The zero-order chi connectivity index (χ0) is 2.00. The molecule has 34 valence electrons. The van der Waals surface area contributed by atoms with Gasteiger partial charge in [-0.05, 0) is 0 Å². The third-order valence-electron chi connectivity index (χ3n) is 0. The van der Waals surface area contributed by atoms with Crippen molar-refractivity contribution in [2.45, 2.75) is 0 Å². The van der Waals surface area contributed by atoms with Gasteiger partial charge in [0.25, 0.3) is 0 Å². The SMILES string of the molecule is [CH-]=O.[Cl-].[Cl-].[Tb+3]. The zero-order valence-electron chi connectivity index (χ0n) is 2.07. The van der Waals surface area contributed by atoms with Gasteiger partial charge in [0.1, 0.15) is 0 Å². The smallest absolute Gasteiger partial charge is 1.00 e. The largest absolute Gasteiger partial charge is 3.00 e. The van der Waals surface area contributed by atoms with Gasteiger partial charge in [-0.3, -0.25) is 6.79 Å². The van der Waals surface area contributed by atoms with Crippen LogP contribution in [0.3, 0.4) is 0 Å². The van der Waals surface area contributed by atoms with E-state index < -0.39 is 0 Å². The van der Waals surface area contributed by atoms with E-state index in [1.807, 2.05) is 0 Å². The molecule has 0 aliphatic rings. The molecule has 0 aliphatic heterocycles. The molecule has 0 spiro atoms. The predicted molar refractivity (Wildman–Crippen MR) is 6.75 cm³/mol. The molecule has 1 nitrogen and oxygen atoms in total. The first kappa shape index (κ1) is 31.1. The molecule has 0 saturated carbocycles. The van der Waals surface area contributed by atoms with E-state index in [2.05, 4.69) is 6.79 Å². The van der Waals surface area contributed by atoms with E-state index in [-0.39, 0.29) is 63.4 Å². The van der Waals surface area contributed by atoms with E-state index in [0.29, 0.717) is 0 Å². The fourth-order valence-corrected chi connectivity index (χ4v) is 0. The van der Waals surface area contributed by atoms with E-state index in [1.165, 1.54) is 0 Å². The molecule has 0 N–H and O–H groups in total. The molecule has 0 bridgehead atoms. The number of carbonyl (C=O) groups excluding carboxylic acids is 1. The van der Waals surface area contributed by atoms with E-state index in [1.54, 1.807) is 0 Å². The molecule has 0 aliphatic carbocycles. The van der Waals surface area contributed by atoms with Crippen molar-refractivity contribution in [1.29, 1.82) is 0 Å². The maximum Gasteiger partial charge on any atom is 3.00 e. The average molecular weight is 259 g/mol. The van der Waals surface area contributed by atoms with E-state index >= 15 is 0 Å². The Hall–Kier alpha value is 1.54. The fraction of sp³-hybridized carbons (Fsp3) is 0. The van der Waals surface area contributed by atoms with Crippen LogP contribution < -0.4 is 24.8 Å². The van der Waals surface area contributed by atoms with Crippen LogP contribution in [0.4, 0.5) is 0 Å². The third-order valence-corrected chi connectivity index (χ3v) is 0. The summed E-state index contributed by atoms with van der Waals surface area (Å²) in [5.74, 6) is 0. The first-order valence-electron chi connectivity index (χ1n) is 0.236. The maximum absolute atomic E-state index is 7.75. The van der Waals surface area contributed by atoms with Gasteiger partial charge in [0, 0.05) is 0 Å². The van der Waals surface area contributed by atoms with Crippen molar-refractivity contribution in [1.82, 2.24) is 0 Å². The molecule has 0 aromatic carbocycles. The van der Waals surface area contributed by atoms with Gasteiger partial charge >= 0.3 is 38.6 Å². The van der Waals surface area contributed by atoms with Crippen LogP contribution in [0.15, 0.2) is 0 Å². The summed E-state index contributed by atoms with van der Waals surface area (Å²) in [6.45, 7) is 3.25. The zero-order valence-corrected chi connectivity index (χ0v) is 5.73. The minimum absolute atomic E-state index is 0. The van der Waals surface area contributed by atoms with Crippen molar-refractivity contribution < 1.29 is 68.2 Å². The molecule has 0 unspecified atom stereocenters. The van der Waals surface area contributed by atoms with Crippen molar-refractivity contribution in [3.63, 3.8) is 0 Å². The number of hydrogen-bond donors (Lipinski definition) is 0. The summed E-state index contributed by atoms with van der Waals surface area (Å²) < 4.78 is 0. The normalized spacial score (nSPS) is 0.800. The Morgan fingerprint density at radius 2 is 1.00 bits per heavy atom. The van der Waals surface area contributed by atoms with E-state index in [0.717, 1.165) is 0 Å². The second-order valence-electron chi connectivity index (χ2n) is 0. The number of hydrogen-bond acceptors (Lipinski definition) is 1. The van der Waals surface area contributed by atoms with E-state index in [9.17, 15) is 0 Å². The molecule has 0 aromatic heterocycles. The van der Waals surface area contributed by atoms with Crippen molar-refractivity contribution in [2.24, 2.45) is 0 Å². The predicted octanol–water partition coefficient (Wildman–Crippen LogP) is -6.27. The van der Waals surface area contributed by atoms with Crippen LogP contribution in [0.25, 0.3) is 0 Å². The first-order valence-corrected chi connectivity index (χ1v) is 0.236. The molecule has 0 radical (unpaired) electrons. The van der Waals surface area contributed by atoms with Crippen LogP contribution in [0, 0.1) is 38.6 Å². The average Bonchev–Trinajstić information content (AvgIpc) is 1.00. The Bertz CT molecular complexity index is 9.61. The molecular formula is CHCl2OTb. The van der Waals surface area contributed by atoms with Crippen LogP contribution in [0.1, 0.15) is 0 Å².